The van der Waals surface area contributed by atoms with Gasteiger partial charge in [-0.2, -0.15) is 0 Å². The Balaban J connectivity index is 0.0000116. The number of rotatable bonds is 11. The van der Waals surface area contributed by atoms with Gasteiger partial charge in [-0.3, -0.25) is 34.0 Å². The van der Waals surface area contributed by atoms with Crippen LogP contribution in [-0.2, 0) is 24.0 Å². The van der Waals surface area contributed by atoms with Gasteiger partial charge < -0.3 is 34.9 Å². The van der Waals surface area contributed by atoms with Crippen LogP contribution < -0.4 is 10.2 Å². The molecule has 0 aromatic carbocycles. The molecule has 1 saturated heterocycles. The van der Waals surface area contributed by atoms with E-state index in [0.29, 0.717) is 0 Å². The van der Waals surface area contributed by atoms with Crippen LogP contribution in [0.4, 0.5) is 0 Å². The molecule has 0 atom stereocenters. The smallest absolute Gasteiger partial charge is 0.549 e. The van der Waals surface area contributed by atoms with Crippen LogP contribution in [0.25, 0.3) is 0 Å². The first-order valence-corrected chi connectivity index (χ1v) is 11.0. The Morgan fingerprint density at radius 2 is 1.00 bits per heavy atom. The summed E-state index contributed by atoms with van der Waals surface area (Å²) in [5, 5.41) is 40.5. The number of nitrogens with zero attached hydrogens (tertiary/aromatic N) is 5. The summed E-state index contributed by atoms with van der Waals surface area (Å²) in [5.74, 6) is -5.20. The summed E-state index contributed by atoms with van der Waals surface area (Å²) >= 11 is 0. The minimum absolute atomic E-state index is 0. The third kappa shape index (κ3) is 15.3. The number of aliphatic carboxylic acids is 4. The van der Waals surface area contributed by atoms with Crippen molar-refractivity contribution in [3.63, 3.8) is 0 Å². The fourth-order valence-electron chi connectivity index (χ4n) is 3.60. The Labute approximate surface area is 236 Å². The normalized spacial score (nSPS) is 17.4. The van der Waals surface area contributed by atoms with Crippen LogP contribution in [0.3, 0.4) is 0 Å². The van der Waals surface area contributed by atoms with Gasteiger partial charge in [-0.05, 0) is 6.92 Å². The number of likely N-dealkylation sites (N-methyl/N-ethyl adjacent to an activating group) is 1. The van der Waals surface area contributed by atoms with E-state index in [9.17, 15) is 39.3 Å². The molecule has 1 aliphatic rings. The molecule has 0 aromatic heterocycles. The number of amides is 1. The first kappa shape index (κ1) is 33.5. The molecule has 0 bridgehead atoms. The Hall–Kier alpha value is -1.49. The SMILES string of the molecule is CCN(CC(=O)O)C(=O)CN1CCN(CC(=O)[O-])CCN(CC(=O)[O-])CCN(CC(=O)O)CC1.[Gd+3]. The quantitative estimate of drug-likeness (QED) is 0.217. The van der Waals surface area contributed by atoms with Crippen LogP contribution in [-0.4, -0.2) is 156 Å². The van der Waals surface area contributed by atoms with E-state index >= 15 is 0 Å². The first-order chi connectivity index (χ1) is 16.0. The van der Waals surface area contributed by atoms with Crippen LogP contribution in [0.1, 0.15) is 6.92 Å². The van der Waals surface area contributed by atoms with E-state index in [1.807, 2.05) is 0 Å². The second-order valence-corrected chi connectivity index (χ2v) is 8.04. The fourth-order valence-corrected chi connectivity index (χ4v) is 3.60. The summed E-state index contributed by atoms with van der Waals surface area (Å²) in [4.78, 5) is 64.9. The van der Waals surface area contributed by atoms with E-state index in [2.05, 4.69) is 0 Å². The zero-order valence-electron chi connectivity index (χ0n) is 19.7. The van der Waals surface area contributed by atoms with Crippen molar-refractivity contribution in [2.45, 2.75) is 6.92 Å². The molecule has 0 aliphatic carbocycles. The van der Waals surface area contributed by atoms with E-state index in [0.717, 1.165) is 0 Å². The first-order valence-electron chi connectivity index (χ1n) is 11.0. The number of carbonyl (C=O) groups is 5. The topological polar surface area (TPSA) is 188 Å². The van der Waals surface area contributed by atoms with Crippen LogP contribution in [0.15, 0.2) is 0 Å². The van der Waals surface area contributed by atoms with Gasteiger partial charge in [0.15, 0.2) is 0 Å². The van der Waals surface area contributed by atoms with Gasteiger partial charge in [-0.1, -0.05) is 0 Å². The van der Waals surface area contributed by atoms with Crippen molar-refractivity contribution in [2.24, 2.45) is 0 Å². The second-order valence-electron chi connectivity index (χ2n) is 8.04. The molecule has 0 unspecified atom stereocenters. The van der Waals surface area contributed by atoms with Crippen molar-refractivity contribution >= 4 is 29.8 Å². The summed E-state index contributed by atoms with van der Waals surface area (Å²) in [5.41, 5.74) is 0. The number of carboxylic acids is 4. The third-order valence-corrected chi connectivity index (χ3v) is 5.41. The zero-order valence-corrected chi connectivity index (χ0v) is 22.0. The monoisotopic (exact) mass is 645 g/mol. The summed E-state index contributed by atoms with van der Waals surface area (Å²) in [7, 11) is 0. The number of hydrogen-bond acceptors (Lipinski definition) is 11. The minimum atomic E-state index is -1.30. The Morgan fingerprint density at radius 1 is 0.657 bits per heavy atom. The standard InChI is InChI=1S/C20H35N5O9.Gd/c1-2-25(15-20(33)34)16(26)11-21-3-5-22(12-17(27)28)7-9-24(14-19(31)32)10-8-23(6-4-21)13-18(29)30;/h2-15H2,1H3,(H,27,28)(H,29,30)(H,31,32)(H,33,34);/q;+3/p-2. The molecular weight excluding hydrogens is 611 g/mol. The summed E-state index contributed by atoms with van der Waals surface area (Å²) in [6.07, 6.45) is 0. The molecule has 0 aromatic rings. The van der Waals surface area contributed by atoms with Gasteiger partial charge in [-0.25, -0.2) is 0 Å². The van der Waals surface area contributed by atoms with Crippen molar-refractivity contribution in [2.75, 3.05) is 91.6 Å². The third-order valence-electron chi connectivity index (χ3n) is 5.41. The average molecular weight is 645 g/mol. The van der Waals surface area contributed by atoms with Crippen LogP contribution in [0.5, 0.6) is 0 Å². The second kappa shape index (κ2) is 17.9. The predicted octanol–water partition coefficient (Wildman–Crippen LogP) is -5.27. The predicted molar refractivity (Wildman–Crippen MR) is 113 cm³/mol. The molecular formula is C20H33GdN5O9+. The van der Waals surface area contributed by atoms with Gasteiger partial charge in [0.2, 0.25) is 5.91 Å². The van der Waals surface area contributed by atoms with Crippen molar-refractivity contribution in [3.8, 4) is 0 Å². The molecule has 2 N–H and O–H groups in total. The minimum Gasteiger partial charge on any atom is -0.549 e. The summed E-state index contributed by atoms with van der Waals surface area (Å²) < 4.78 is 0. The van der Waals surface area contributed by atoms with E-state index in [4.69, 9.17) is 5.11 Å². The molecule has 1 radical (unpaired) electrons. The molecule has 1 aliphatic heterocycles. The molecule has 1 amide bonds. The molecule has 0 saturated carbocycles. The van der Waals surface area contributed by atoms with Crippen LogP contribution >= 0.6 is 0 Å². The molecule has 1 rings (SSSR count). The average Bonchev–Trinajstić information content (AvgIpc) is 2.72. The molecule has 1 heterocycles. The van der Waals surface area contributed by atoms with Gasteiger partial charge in [0.1, 0.15) is 6.54 Å². The van der Waals surface area contributed by atoms with E-state index < -0.39 is 36.3 Å². The van der Waals surface area contributed by atoms with Gasteiger partial charge in [0.25, 0.3) is 0 Å². The number of carboxylic acid groups (broad SMARTS) is 4. The van der Waals surface area contributed by atoms with E-state index in [-0.39, 0.29) is 125 Å². The van der Waals surface area contributed by atoms with Gasteiger partial charge in [0.05, 0.1) is 25.0 Å². The molecule has 35 heavy (non-hydrogen) atoms. The Morgan fingerprint density at radius 3 is 1.29 bits per heavy atom. The van der Waals surface area contributed by atoms with Crippen molar-refractivity contribution in [1.29, 1.82) is 0 Å². The molecule has 1 fully saturated rings. The van der Waals surface area contributed by atoms with Crippen molar-refractivity contribution in [3.05, 3.63) is 0 Å². The maximum Gasteiger partial charge on any atom is 3.00 e. The Kier molecular flexibility index (Phi) is 17.1. The van der Waals surface area contributed by atoms with Crippen LogP contribution in [0, 0.1) is 39.9 Å². The fraction of sp³-hybridized carbons (Fsp3) is 0.750. The molecule has 15 heteroatoms. The largest absolute Gasteiger partial charge is 3.00 e. The van der Waals surface area contributed by atoms with E-state index in [1.54, 1.807) is 26.5 Å². The zero-order chi connectivity index (χ0) is 25.7. The Bertz CT molecular complexity index is 695. The van der Waals surface area contributed by atoms with Gasteiger partial charge in [0, 0.05) is 72.0 Å². The number of hydrogen-bond donors (Lipinski definition) is 2. The van der Waals surface area contributed by atoms with Gasteiger partial charge >= 0.3 is 51.9 Å². The summed E-state index contributed by atoms with van der Waals surface area (Å²) in [6.45, 7) is 2.15. The maximum atomic E-state index is 12.6. The number of carbonyl (C=O) groups excluding carboxylic acids is 3. The summed E-state index contributed by atoms with van der Waals surface area (Å²) in [6, 6.07) is 0. The maximum absolute atomic E-state index is 12.6. The molecule has 0 spiro atoms. The van der Waals surface area contributed by atoms with E-state index in [1.165, 1.54) is 4.90 Å². The van der Waals surface area contributed by atoms with Gasteiger partial charge in [-0.15, -0.1) is 0 Å². The van der Waals surface area contributed by atoms with Crippen molar-refractivity contribution in [1.82, 2.24) is 24.5 Å². The van der Waals surface area contributed by atoms with Crippen LogP contribution in [0.2, 0.25) is 0 Å². The molecule has 199 valence electrons. The molecule has 14 nitrogen and oxygen atoms in total. The van der Waals surface area contributed by atoms with Crippen molar-refractivity contribution < 1.29 is 84.3 Å².